The van der Waals surface area contributed by atoms with Gasteiger partial charge in [-0.2, -0.15) is 0 Å². The molecule has 36 heavy (non-hydrogen) atoms. The molecule has 1 aromatic carbocycles. The fraction of sp³-hybridized carbons (Fsp3) is 0.500. The zero-order chi connectivity index (χ0) is 25.4. The van der Waals surface area contributed by atoms with Crippen LogP contribution in [0.15, 0.2) is 48.0 Å². The zero-order valence-corrected chi connectivity index (χ0v) is 21.9. The number of hydrogen-bond acceptors (Lipinski definition) is 8. The van der Waals surface area contributed by atoms with Gasteiger partial charge in [0, 0.05) is 61.5 Å². The van der Waals surface area contributed by atoms with Crippen molar-refractivity contribution < 1.29 is 8.42 Å². The number of piperidine rings is 2. The third kappa shape index (κ3) is 5.10. The summed E-state index contributed by atoms with van der Waals surface area (Å²) in [7, 11) is -3.43. The number of benzene rings is 1. The summed E-state index contributed by atoms with van der Waals surface area (Å²) in [5.41, 5.74) is 10.6. The SMILES string of the molecule is C=C(C1CCN(Cc2cnc(N)nc2)CC1)N1CCC(n2c(S(C)(=O)=O)nc3cc(C)ccc32)CC1. The maximum atomic E-state index is 12.6. The van der Waals surface area contributed by atoms with E-state index >= 15 is 0 Å². The highest BCUT2D eigenvalue weighted by molar-refractivity contribution is 7.90. The van der Waals surface area contributed by atoms with Crippen molar-refractivity contribution in [1.29, 1.82) is 0 Å². The first-order chi connectivity index (χ1) is 17.2. The van der Waals surface area contributed by atoms with Crippen LogP contribution in [0.2, 0.25) is 0 Å². The number of imidazole rings is 1. The minimum atomic E-state index is -3.43. The Labute approximate surface area is 213 Å². The van der Waals surface area contributed by atoms with Gasteiger partial charge >= 0.3 is 0 Å². The van der Waals surface area contributed by atoms with E-state index in [9.17, 15) is 8.42 Å². The van der Waals surface area contributed by atoms with Crippen LogP contribution in [0.1, 0.15) is 42.9 Å². The number of aryl methyl sites for hydroxylation is 1. The van der Waals surface area contributed by atoms with Crippen molar-refractivity contribution in [3.05, 3.63) is 54.0 Å². The molecule has 2 aromatic heterocycles. The second kappa shape index (κ2) is 9.82. The molecule has 2 N–H and O–H groups in total. The molecule has 4 heterocycles. The Morgan fingerprint density at radius 3 is 2.39 bits per heavy atom. The Morgan fingerprint density at radius 2 is 1.75 bits per heavy atom. The van der Waals surface area contributed by atoms with E-state index in [1.165, 1.54) is 12.0 Å². The number of fused-ring (bicyclic) bond motifs is 1. The Bertz CT molecular complexity index is 1350. The van der Waals surface area contributed by atoms with Crippen LogP contribution in [-0.2, 0) is 16.4 Å². The predicted molar refractivity (Wildman–Crippen MR) is 141 cm³/mol. The normalized spacial score (nSPS) is 18.7. The van der Waals surface area contributed by atoms with E-state index < -0.39 is 9.84 Å². The monoisotopic (exact) mass is 509 g/mol. The van der Waals surface area contributed by atoms with Crippen molar-refractivity contribution in [3.8, 4) is 0 Å². The van der Waals surface area contributed by atoms with E-state index in [2.05, 4.69) is 31.3 Å². The summed E-state index contributed by atoms with van der Waals surface area (Å²) < 4.78 is 27.1. The first-order valence-corrected chi connectivity index (χ1v) is 14.5. The minimum Gasteiger partial charge on any atom is -0.375 e. The molecule has 192 valence electrons. The molecule has 9 nitrogen and oxygen atoms in total. The number of likely N-dealkylation sites (tertiary alicyclic amines) is 2. The van der Waals surface area contributed by atoms with Gasteiger partial charge in [0.05, 0.1) is 11.0 Å². The lowest BCUT2D eigenvalue weighted by Crippen LogP contribution is -2.40. The third-order valence-corrected chi connectivity index (χ3v) is 8.52. The minimum absolute atomic E-state index is 0.107. The molecular formula is C26H35N7O2S. The molecule has 2 aliphatic rings. The molecule has 0 radical (unpaired) electrons. The average molecular weight is 510 g/mol. The van der Waals surface area contributed by atoms with Crippen molar-refractivity contribution in [1.82, 2.24) is 29.3 Å². The number of allylic oxidation sites excluding steroid dienone is 1. The van der Waals surface area contributed by atoms with Gasteiger partial charge in [-0.05, 0) is 63.4 Å². The molecule has 3 aromatic rings. The number of aromatic nitrogens is 4. The summed E-state index contributed by atoms with van der Waals surface area (Å²) >= 11 is 0. The molecule has 2 aliphatic heterocycles. The van der Waals surface area contributed by atoms with Gasteiger partial charge in [-0.25, -0.2) is 23.4 Å². The molecule has 2 saturated heterocycles. The standard InChI is InChI=1S/C26H35N7O2S/c1-18-4-5-24-23(14-18)30-26(36(3,34)35)33(24)22-8-12-32(13-9-22)19(2)21-6-10-31(11-7-21)17-20-15-28-25(27)29-16-20/h4-5,14-16,21-22H,2,6-13,17H2,1,3H3,(H2,27,28,29). The smallest absolute Gasteiger partial charge is 0.228 e. The molecule has 0 spiro atoms. The van der Waals surface area contributed by atoms with E-state index in [0.29, 0.717) is 11.9 Å². The topological polar surface area (TPSA) is 110 Å². The van der Waals surface area contributed by atoms with Crippen LogP contribution in [0.3, 0.4) is 0 Å². The van der Waals surface area contributed by atoms with Crippen LogP contribution in [0, 0.1) is 12.8 Å². The van der Waals surface area contributed by atoms with Crippen molar-refractivity contribution in [3.63, 3.8) is 0 Å². The highest BCUT2D eigenvalue weighted by Gasteiger charge is 2.31. The number of nitrogens with two attached hydrogens (primary N) is 1. The zero-order valence-electron chi connectivity index (χ0n) is 21.1. The van der Waals surface area contributed by atoms with E-state index in [0.717, 1.165) is 80.6 Å². The first-order valence-electron chi connectivity index (χ1n) is 12.6. The van der Waals surface area contributed by atoms with Crippen molar-refractivity contribution >= 4 is 26.8 Å². The number of nitrogen functional groups attached to an aromatic ring is 1. The lowest BCUT2D eigenvalue weighted by molar-refractivity contribution is 0.153. The molecule has 0 atom stereocenters. The van der Waals surface area contributed by atoms with E-state index in [4.69, 9.17) is 5.73 Å². The maximum Gasteiger partial charge on any atom is 0.228 e. The van der Waals surface area contributed by atoms with Crippen LogP contribution < -0.4 is 5.73 Å². The van der Waals surface area contributed by atoms with Crippen LogP contribution in [0.25, 0.3) is 11.0 Å². The number of rotatable bonds is 6. The van der Waals surface area contributed by atoms with E-state index in [1.807, 2.05) is 29.7 Å². The number of hydrogen-bond donors (Lipinski definition) is 1. The molecule has 0 saturated carbocycles. The second-order valence-corrected chi connectivity index (χ2v) is 12.1. The summed E-state index contributed by atoms with van der Waals surface area (Å²) in [6, 6.07) is 6.10. The molecule has 0 amide bonds. The Balaban J connectivity index is 1.20. The van der Waals surface area contributed by atoms with Gasteiger partial charge in [-0.1, -0.05) is 12.6 Å². The van der Waals surface area contributed by atoms with Gasteiger partial charge in [0.2, 0.25) is 20.9 Å². The van der Waals surface area contributed by atoms with Crippen LogP contribution in [0.4, 0.5) is 5.95 Å². The highest BCUT2D eigenvalue weighted by Crippen LogP contribution is 2.34. The lowest BCUT2D eigenvalue weighted by atomic mass is 9.91. The molecule has 0 aliphatic carbocycles. The van der Waals surface area contributed by atoms with Crippen LogP contribution in [-0.4, -0.2) is 70.2 Å². The summed E-state index contributed by atoms with van der Waals surface area (Å²) in [6.07, 6.45) is 8.76. The number of nitrogens with zero attached hydrogens (tertiary/aromatic N) is 6. The fourth-order valence-corrected chi connectivity index (χ4v) is 6.47. The third-order valence-electron chi connectivity index (χ3n) is 7.57. The summed E-state index contributed by atoms with van der Waals surface area (Å²) in [5, 5.41) is 0.180. The molecule has 5 rings (SSSR count). The summed E-state index contributed by atoms with van der Waals surface area (Å²) in [6.45, 7) is 11.1. The van der Waals surface area contributed by atoms with Crippen molar-refractivity contribution in [2.45, 2.75) is 50.4 Å². The van der Waals surface area contributed by atoms with Gasteiger partial charge in [0.15, 0.2) is 0 Å². The molecule has 10 heteroatoms. The summed E-state index contributed by atoms with van der Waals surface area (Å²) in [5.74, 6) is 0.783. The van der Waals surface area contributed by atoms with Crippen molar-refractivity contribution in [2.75, 3.05) is 38.2 Å². The molecular weight excluding hydrogens is 474 g/mol. The number of anilines is 1. The average Bonchev–Trinajstić information content (AvgIpc) is 3.25. The second-order valence-electron chi connectivity index (χ2n) is 10.2. The summed E-state index contributed by atoms with van der Waals surface area (Å²) in [4.78, 5) is 17.5. The Kier molecular flexibility index (Phi) is 6.74. The molecule has 2 fully saturated rings. The van der Waals surface area contributed by atoms with Gasteiger partial charge in [-0.15, -0.1) is 0 Å². The van der Waals surface area contributed by atoms with Gasteiger partial charge in [0.1, 0.15) is 0 Å². The van der Waals surface area contributed by atoms with E-state index in [1.54, 1.807) is 12.4 Å². The largest absolute Gasteiger partial charge is 0.375 e. The molecule has 0 bridgehead atoms. The maximum absolute atomic E-state index is 12.6. The van der Waals surface area contributed by atoms with Crippen LogP contribution >= 0.6 is 0 Å². The van der Waals surface area contributed by atoms with Crippen molar-refractivity contribution in [2.24, 2.45) is 5.92 Å². The predicted octanol–water partition coefficient (Wildman–Crippen LogP) is 3.18. The fourth-order valence-electron chi connectivity index (χ4n) is 5.60. The van der Waals surface area contributed by atoms with Gasteiger partial charge < -0.3 is 15.2 Å². The highest BCUT2D eigenvalue weighted by atomic mass is 32.2. The van der Waals surface area contributed by atoms with E-state index in [-0.39, 0.29) is 11.2 Å². The molecule has 0 unspecified atom stereocenters. The first kappa shape index (κ1) is 24.7. The Hall–Kier alpha value is -2.98. The quantitative estimate of drug-likeness (QED) is 0.540. The van der Waals surface area contributed by atoms with Crippen LogP contribution in [0.5, 0.6) is 0 Å². The van der Waals surface area contributed by atoms with Gasteiger partial charge in [-0.3, -0.25) is 4.90 Å². The lowest BCUT2D eigenvalue weighted by Gasteiger charge is -2.41. The van der Waals surface area contributed by atoms with Gasteiger partial charge in [0.25, 0.3) is 0 Å². The Morgan fingerprint density at radius 1 is 1.08 bits per heavy atom. The number of sulfone groups is 1.